The summed E-state index contributed by atoms with van der Waals surface area (Å²) in [6, 6.07) is 15.7. The number of amides is 1. The van der Waals surface area contributed by atoms with E-state index in [4.69, 9.17) is 9.26 Å². The van der Waals surface area contributed by atoms with Crippen molar-refractivity contribution in [2.24, 2.45) is 0 Å². The molecular weight excluding hydrogens is 374 g/mol. The van der Waals surface area contributed by atoms with Crippen molar-refractivity contribution in [3.05, 3.63) is 60.0 Å². The van der Waals surface area contributed by atoms with Crippen molar-refractivity contribution in [2.45, 2.75) is 24.8 Å². The number of carbonyl (C=O) groups excluding carboxylic acids is 1. The van der Waals surface area contributed by atoms with E-state index in [1.54, 1.807) is 30.8 Å². The Labute approximate surface area is 168 Å². The third-order valence-electron chi connectivity index (χ3n) is 4.22. The number of benzene rings is 2. The molecule has 1 aromatic heterocycles. The third-order valence-corrected chi connectivity index (χ3v) is 5.23. The summed E-state index contributed by atoms with van der Waals surface area (Å²) in [5, 5.41) is 3.99. The van der Waals surface area contributed by atoms with Gasteiger partial charge >= 0.3 is 0 Å². The van der Waals surface area contributed by atoms with Gasteiger partial charge in [0.2, 0.25) is 17.6 Å². The van der Waals surface area contributed by atoms with E-state index in [-0.39, 0.29) is 12.5 Å². The van der Waals surface area contributed by atoms with Crippen LogP contribution in [-0.2, 0) is 11.3 Å². The highest BCUT2D eigenvalue weighted by molar-refractivity contribution is 7.99. The maximum atomic E-state index is 12.3. The summed E-state index contributed by atoms with van der Waals surface area (Å²) in [6.45, 7) is 2.35. The lowest BCUT2D eigenvalue weighted by molar-refractivity contribution is -0.130. The highest BCUT2D eigenvalue weighted by Crippen LogP contribution is 2.21. The monoisotopic (exact) mass is 397 g/mol. The average Bonchev–Trinajstić information content (AvgIpc) is 3.18. The van der Waals surface area contributed by atoms with Gasteiger partial charge in [-0.1, -0.05) is 22.9 Å². The Morgan fingerprint density at radius 3 is 2.54 bits per heavy atom. The molecule has 0 fully saturated rings. The van der Waals surface area contributed by atoms with E-state index in [0.29, 0.717) is 18.1 Å². The molecule has 0 aliphatic rings. The minimum Gasteiger partial charge on any atom is -0.497 e. The van der Waals surface area contributed by atoms with Crippen molar-refractivity contribution >= 4 is 17.7 Å². The number of carbonyl (C=O) groups is 1. The van der Waals surface area contributed by atoms with E-state index in [1.807, 2.05) is 24.3 Å². The molecule has 0 saturated heterocycles. The largest absolute Gasteiger partial charge is 0.497 e. The number of methoxy groups -OCH3 is 1. The minimum absolute atomic E-state index is 0.0452. The second-order valence-electron chi connectivity index (χ2n) is 6.40. The van der Waals surface area contributed by atoms with Crippen LogP contribution >= 0.6 is 11.8 Å². The quantitative estimate of drug-likeness (QED) is 0.531. The fourth-order valence-corrected chi connectivity index (χ4v) is 3.39. The summed E-state index contributed by atoms with van der Waals surface area (Å²) in [5.74, 6) is 2.44. The number of thioether (sulfide) groups is 1. The lowest BCUT2D eigenvalue weighted by Crippen LogP contribution is -2.26. The van der Waals surface area contributed by atoms with Crippen molar-refractivity contribution in [3.63, 3.8) is 0 Å². The predicted molar refractivity (Wildman–Crippen MR) is 109 cm³/mol. The van der Waals surface area contributed by atoms with E-state index in [1.165, 1.54) is 10.5 Å². The van der Waals surface area contributed by atoms with Gasteiger partial charge < -0.3 is 14.2 Å². The predicted octanol–water partition coefficient (Wildman–Crippen LogP) is 4.19. The maximum absolute atomic E-state index is 12.3. The second-order valence-corrected chi connectivity index (χ2v) is 7.57. The molecule has 146 valence electrons. The summed E-state index contributed by atoms with van der Waals surface area (Å²) in [5.41, 5.74) is 2.06. The van der Waals surface area contributed by atoms with E-state index >= 15 is 0 Å². The molecule has 0 unspecified atom stereocenters. The number of rotatable bonds is 8. The topological polar surface area (TPSA) is 68.5 Å². The van der Waals surface area contributed by atoms with Crippen molar-refractivity contribution in [1.82, 2.24) is 15.0 Å². The Kier molecular flexibility index (Phi) is 6.71. The first-order valence-electron chi connectivity index (χ1n) is 8.95. The molecule has 3 rings (SSSR count). The molecule has 1 heterocycles. The van der Waals surface area contributed by atoms with Gasteiger partial charge in [0.25, 0.3) is 0 Å². The number of nitrogens with zero attached hydrogens (tertiary/aromatic N) is 3. The summed E-state index contributed by atoms with van der Waals surface area (Å²) >= 11 is 1.68. The van der Waals surface area contributed by atoms with Gasteiger partial charge in [-0.2, -0.15) is 4.98 Å². The normalized spacial score (nSPS) is 10.7. The van der Waals surface area contributed by atoms with E-state index in [0.717, 1.165) is 17.1 Å². The van der Waals surface area contributed by atoms with Crippen molar-refractivity contribution in [3.8, 4) is 17.1 Å². The summed E-state index contributed by atoms with van der Waals surface area (Å²) in [6.07, 6.45) is 0.453. The first-order valence-corrected chi connectivity index (χ1v) is 9.94. The van der Waals surface area contributed by atoms with Crippen LogP contribution < -0.4 is 4.74 Å². The van der Waals surface area contributed by atoms with Crippen molar-refractivity contribution < 1.29 is 14.1 Å². The van der Waals surface area contributed by atoms with Crippen LogP contribution in [0.2, 0.25) is 0 Å². The first-order chi connectivity index (χ1) is 13.5. The van der Waals surface area contributed by atoms with Gasteiger partial charge in [0.1, 0.15) is 5.75 Å². The Hall–Kier alpha value is -2.80. The van der Waals surface area contributed by atoms with Gasteiger partial charge in [-0.05, 0) is 43.3 Å². The molecule has 0 N–H and O–H groups in total. The molecule has 0 saturated carbocycles. The van der Waals surface area contributed by atoms with E-state index in [9.17, 15) is 4.79 Å². The standard InChI is InChI=1S/C21H23N3O3S/c1-15-4-10-18(11-5-15)28-13-12-20(25)24(2)14-19-22-21(23-27-19)16-6-8-17(26-3)9-7-16/h4-11H,12-14H2,1-3H3. The Morgan fingerprint density at radius 2 is 1.86 bits per heavy atom. The Bertz CT molecular complexity index is 907. The van der Waals surface area contributed by atoms with Crippen LogP contribution in [0.3, 0.4) is 0 Å². The fraction of sp³-hybridized carbons (Fsp3) is 0.286. The van der Waals surface area contributed by atoms with Gasteiger partial charge in [-0.3, -0.25) is 4.79 Å². The molecule has 0 atom stereocenters. The molecule has 6 nitrogen and oxygen atoms in total. The van der Waals surface area contributed by atoms with Crippen LogP contribution in [0.15, 0.2) is 57.9 Å². The van der Waals surface area contributed by atoms with Crippen LogP contribution in [0, 0.1) is 6.92 Å². The number of hydrogen-bond acceptors (Lipinski definition) is 6. The summed E-state index contributed by atoms with van der Waals surface area (Å²) in [4.78, 5) is 19.5. The molecule has 0 bridgehead atoms. The van der Waals surface area contributed by atoms with E-state index in [2.05, 4.69) is 41.3 Å². The van der Waals surface area contributed by atoms with Crippen LogP contribution in [0.4, 0.5) is 0 Å². The highest BCUT2D eigenvalue weighted by atomic mass is 32.2. The van der Waals surface area contributed by atoms with Gasteiger partial charge in [0.15, 0.2) is 0 Å². The number of aromatic nitrogens is 2. The lowest BCUT2D eigenvalue weighted by Gasteiger charge is -2.14. The molecule has 0 aliphatic carbocycles. The molecule has 0 radical (unpaired) electrons. The minimum atomic E-state index is 0.0452. The van der Waals surface area contributed by atoms with Crippen molar-refractivity contribution in [2.75, 3.05) is 19.9 Å². The average molecular weight is 398 g/mol. The zero-order valence-electron chi connectivity index (χ0n) is 16.2. The van der Waals surface area contributed by atoms with Crippen LogP contribution in [-0.4, -0.2) is 40.9 Å². The summed E-state index contributed by atoms with van der Waals surface area (Å²) in [7, 11) is 3.36. The molecule has 28 heavy (non-hydrogen) atoms. The zero-order chi connectivity index (χ0) is 19.9. The zero-order valence-corrected chi connectivity index (χ0v) is 17.0. The number of aryl methyl sites for hydroxylation is 1. The van der Waals surface area contributed by atoms with E-state index < -0.39 is 0 Å². The number of hydrogen-bond donors (Lipinski definition) is 0. The molecule has 1 amide bonds. The molecular formula is C21H23N3O3S. The fourth-order valence-electron chi connectivity index (χ4n) is 2.55. The highest BCUT2D eigenvalue weighted by Gasteiger charge is 2.15. The molecule has 0 aliphatic heterocycles. The molecule has 3 aromatic rings. The van der Waals surface area contributed by atoms with Gasteiger partial charge in [-0.25, -0.2) is 0 Å². The molecule has 7 heteroatoms. The third kappa shape index (κ3) is 5.36. The molecule has 0 spiro atoms. The lowest BCUT2D eigenvalue weighted by atomic mass is 10.2. The SMILES string of the molecule is COc1ccc(-c2noc(CN(C)C(=O)CCSc3ccc(C)cc3)n2)cc1. The number of ether oxygens (including phenoxy) is 1. The molecule has 2 aromatic carbocycles. The van der Waals surface area contributed by atoms with Crippen LogP contribution in [0.25, 0.3) is 11.4 Å². The smallest absolute Gasteiger partial charge is 0.246 e. The van der Waals surface area contributed by atoms with Crippen molar-refractivity contribution in [1.29, 1.82) is 0 Å². The summed E-state index contributed by atoms with van der Waals surface area (Å²) < 4.78 is 10.4. The first kappa shape index (κ1) is 19.9. The Morgan fingerprint density at radius 1 is 1.14 bits per heavy atom. The van der Waals surface area contributed by atoms with Crippen LogP contribution in [0.1, 0.15) is 17.9 Å². The Balaban J connectivity index is 1.49. The van der Waals surface area contributed by atoms with Gasteiger partial charge in [0.05, 0.1) is 13.7 Å². The maximum Gasteiger partial charge on any atom is 0.246 e. The second kappa shape index (κ2) is 9.41. The van der Waals surface area contributed by atoms with Crippen LogP contribution in [0.5, 0.6) is 5.75 Å². The van der Waals surface area contributed by atoms with Gasteiger partial charge in [-0.15, -0.1) is 11.8 Å². The van der Waals surface area contributed by atoms with Gasteiger partial charge in [0, 0.05) is 29.7 Å².